The molecular formula is C55H67F2N9O9S2. The number of carbonyl (C=O) groups excluding carboxylic acids is 4. The number of hydroxylamine groups is 1. The van der Waals surface area contributed by atoms with E-state index in [1.54, 1.807) is 37.0 Å². The molecule has 0 radical (unpaired) electrons. The number of halogens is 2. The van der Waals surface area contributed by atoms with E-state index in [4.69, 9.17) is 4.84 Å². The van der Waals surface area contributed by atoms with Gasteiger partial charge >= 0.3 is 0 Å². The molecule has 22 heteroatoms. The number of rotatable bonds is 21. The van der Waals surface area contributed by atoms with Gasteiger partial charge in [-0.05, 0) is 78.6 Å². The smallest absolute Gasteiger partial charge is 0.275 e. The highest BCUT2D eigenvalue weighted by Gasteiger charge is 2.46. The van der Waals surface area contributed by atoms with Crippen molar-refractivity contribution in [1.29, 1.82) is 0 Å². The Bertz CT molecular complexity index is 3180. The Morgan fingerprint density at radius 3 is 2.36 bits per heavy atom. The molecular weight excluding hydrogens is 1030 g/mol. The molecule has 1 aromatic carbocycles. The summed E-state index contributed by atoms with van der Waals surface area (Å²) in [5.41, 5.74) is 6.92. The number of nitrogens with one attached hydrogen (secondary N) is 4. The molecule has 3 aliphatic heterocycles. The van der Waals surface area contributed by atoms with Crippen LogP contribution in [0.5, 0.6) is 5.75 Å². The van der Waals surface area contributed by atoms with Crippen molar-refractivity contribution in [3.63, 3.8) is 0 Å². The van der Waals surface area contributed by atoms with E-state index in [2.05, 4.69) is 31.4 Å². The second-order valence-electron chi connectivity index (χ2n) is 21.3. The molecule has 4 aromatic rings. The molecule has 77 heavy (non-hydrogen) atoms. The fourth-order valence-electron chi connectivity index (χ4n) is 10.5. The Morgan fingerprint density at radius 1 is 1.00 bits per heavy atom. The van der Waals surface area contributed by atoms with Crippen LogP contribution < -0.4 is 36.7 Å². The van der Waals surface area contributed by atoms with Crippen LogP contribution in [0.1, 0.15) is 108 Å². The van der Waals surface area contributed by atoms with E-state index in [1.807, 2.05) is 39.8 Å². The second-order valence-corrected chi connectivity index (χ2v) is 24.3. The molecule has 6 heterocycles. The van der Waals surface area contributed by atoms with Gasteiger partial charge in [0.2, 0.25) is 11.8 Å². The van der Waals surface area contributed by atoms with Crippen molar-refractivity contribution < 1.29 is 46.3 Å². The Labute approximate surface area is 451 Å². The fraction of sp³-hybridized carbons (Fsp3) is 0.473. The van der Waals surface area contributed by atoms with E-state index in [9.17, 15) is 41.9 Å². The molecule has 1 aliphatic carbocycles. The number of thiazole rings is 1. The summed E-state index contributed by atoms with van der Waals surface area (Å²) in [7, 11) is -2.20. The lowest BCUT2D eigenvalue weighted by Gasteiger charge is -2.35. The first kappa shape index (κ1) is 56.4. The molecule has 1 saturated heterocycles. The van der Waals surface area contributed by atoms with Crippen molar-refractivity contribution in [2.24, 2.45) is 12.5 Å². The zero-order valence-electron chi connectivity index (χ0n) is 44.2. The van der Waals surface area contributed by atoms with Crippen LogP contribution in [0.25, 0.3) is 21.7 Å². The number of sulfone groups is 1. The number of aliphatic hydroxyl groups excluding tert-OH is 1. The van der Waals surface area contributed by atoms with Crippen molar-refractivity contribution in [3.8, 4) is 16.2 Å². The van der Waals surface area contributed by atoms with Crippen molar-refractivity contribution >= 4 is 61.9 Å². The number of unbranched alkanes of at least 4 members (excludes halogenated alkanes) is 7. The van der Waals surface area contributed by atoms with Gasteiger partial charge in [0, 0.05) is 75.4 Å². The van der Waals surface area contributed by atoms with Crippen molar-refractivity contribution in [3.05, 3.63) is 116 Å². The molecule has 0 saturated carbocycles. The molecule has 4 amide bonds. The number of β-amino-alcohol motifs (C(OH)–C–C–N with tert-alkyl or cyclic N) is 1. The number of aromatic nitrogens is 3. The summed E-state index contributed by atoms with van der Waals surface area (Å²) in [5, 5.41) is 19.8. The van der Waals surface area contributed by atoms with E-state index in [0.29, 0.717) is 54.0 Å². The number of benzene rings is 1. The number of aryl methyl sites for hydroxylation is 2. The second kappa shape index (κ2) is 23.9. The van der Waals surface area contributed by atoms with Gasteiger partial charge in [-0.15, -0.1) is 11.3 Å². The molecule has 1 fully saturated rings. The SMILES string of the molecule is Cc1ncsc1-c1ccc(ONC(=O)[C@@H]2C[C@@H](O)CN2C(=O)[C@@H](NC(=O)CCCCCCCCCCNC(=O)C2=C(CS(C)(=O)=O)c3ccn(C)c(=O)c3C3=C4C2=CN(c2ncc(F)cc2F)C4CCN3)C(C)(C)C)cc1. The Kier molecular flexibility index (Phi) is 17.5. The molecule has 4 atom stereocenters. The highest BCUT2D eigenvalue weighted by Crippen LogP contribution is 2.47. The number of hydrogen-bond acceptors (Lipinski definition) is 14. The van der Waals surface area contributed by atoms with Crippen molar-refractivity contribution in [2.75, 3.05) is 36.5 Å². The van der Waals surface area contributed by atoms with Gasteiger partial charge in [0.05, 0.1) is 57.0 Å². The summed E-state index contributed by atoms with van der Waals surface area (Å²) >= 11 is 1.52. The van der Waals surface area contributed by atoms with Crippen LogP contribution in [0.2, 0.25) is 0 Å². The van der Waals surface area contributed by atoms with Crippen LogP contribution in [0.15, 0.2) is 82.0 Å². The maximum atomic E-state index is 15.4. The summed E-state index contributed by atoms with van der Waals surface area (Å²) in [6.45, 7) is 8.00. The molecule has 0 bridgehead atoms. The van der Waals surface area contributed by atoms with E-state index in [0.717, 1.165) is 73.2 Å². The average Bonchev–Trinajstić information content (AvgIpc) is 4.32. The van der Waals surface area contributed by atoms with Gasteiger partial charge < -0.3 is 40.3 Å². The van der Waals surface area contributed by atoms with Crippen LogP contribution in [0.3, 0.4) is 0 Å². The number of carbonyl (C=O) groups is 4. The average molecular weight is 1100 g/mol. The van der Waals surface area contributed by atoms with E-state index in [-0.39, 0.29) is 54.4 Å². The Morgan fingerprint density at radius 2 is 1.70 bits per heavy atom. The molecule has 412 valence electrons. The molecule has 18 nitrogen and oxygen atoms in total. The molecule has 0 spiro atoms. The highest BCUT2D eigenvalue weighted by atomic mass is 32.2. The standard InChI is InChI=1S/C55H67F2N9O9S2/c1-32-48(76-31-61-32)33-16-18-36(19-17-33)75-63-51(69)42-26-35(67)28-66(42)54(72)49(55(2,3)4)62-43(68)15-13-11-9-7-8-10-12-14-22-59-52(70)44-38-29-65(50-40(57)25-34(56)27-60-50)41-20-23-58-47(45(38)41)46-37(21-24-64(5)53(46)71)39(44)30-77(6,73)74/h16-19,21,24-25,27,29,31,35,41-42,49,58,67H,7-15,20,22-23,26,28,30H2,1-6H3,(H,59,70)(H,62,68)(H,63,69)/t35-,41?,42+,49-/m1/s1. The monoisotopic (exact) mass is 1100 g/mol. The molecule has 4 aliphatic rings. The first-order valence-corrected chi connectivity index (χ1v) is 29.0. The summed E-state index contributed by atoms with van der Waals surface area (Å²) < 4.78 is 57.0. The maximum absolute atomic E-state index is 15.4. The van der Waals surface area contributed by atoms with Crippen molar-refractivity contribution in [2.45, 2.75) is 123 Å². The molecule has 8 rings (SSSR count). The lowest BCUT2D eigenvalue weighted by atomic mass is 9.85. The Balaban J connectivity index is 0.807. The number of amides is 4. The number of fused-ring (bicyclic) bond motifs is 2. The van der Waals surface area contributed by atoms with Gasteiger partial charge in [-0.25, -0.2) is 27.2 Å². The fourth-order valence-corrected chi connectivity index (χ4v) is 12.1. The maximum Gasteiger partial charge on any atom is 0.275 e. The van der Waals surface area contributed by atoms with Gasteiger partial charge in [-0.3, -0.25) is 24.0 Å². The topological polar surface area (TPSA) is 234 Å². The predicted octanol–water partition coefficient (Wildman–Crippen LogP) is 6.01. The van der Waals surface area contributed by atoms with E-state index >= 15 is 4.39 Å². The number of hydrogen-bond donors (Lipinski definition) is 5. The van der Waals surface area contributed by atoms with Crippen LogP contribution in [0.4, 0.5) is 14.6 Å². The van der Waals surface area contributed by atoms with Crippen LogP contribution in [0, 0.1) is 24.0 Å². The van der Waals surface area contributed by atoms with Gasteiger partial charge in [0.1, 0.15) is 17.9 Å². The zero-order valence-corrected chi connectivity index (χ0v) is 45.8. The normalized spacial score (nSPS) is 18.5. The van der Waals surface area contributed by atoms with Crippen LogP contribution >= 0.6 is 11.3 Å². The minimum Gasteiger partial charge on any atom is -0.391 e. The first-order valence-electron chi connectivity index (χ1n) is 26.1. The van der Waals surface area contributed by atoms with Gasteiger partial charge in [-0.1, -0.05) is 59.3 Å². The zero-order chi connectivity index (χ0) is 55.3. The van der Waals surface area contributed by atoms with E-state index in [1.165, 1.54) is 31.9 Å². The van der Waals surface area contributed by atoms with Crippen LogP contribution in [-0.2, 0) is 36.1 Å². The molecule has 5 N–H and O–H groups in total. The third-order valence-corrected chi connectivity index (χ3v) is 16.1. The third-order valence-electron chi connectivity index (χ3n) is 14.3. The summed E-state index contributed by atoms with van der Waals surface area (Å²) in [6.07, 6.45) is 11.1. The number of likely N-dealkylation sites (tertiary alicyclic amines) is 1. The minimum absolute atomic E-state index is 0.0155. The third kappa shape index (κ3) is 13.0. The van der Waals surface area contributed by atoms with Crippen molar-refractivity contribution in [1.82, 2.24) is 40.9 Å². The molecule has 1 unspecified atom stereocenters. The van der Waals surface area contributed by atoms with Gasteiger partial charge in [-0.2, -0.15) is 5.48 Å². The number of aliphatic hydroxyl groups is 1. The Hall–Kier alpha value is -6.78. The van der Waals surface area contributed by atoms with Gasteiger partial charge in [0.25, 0.3) is 17.4 Å². The van der Waals surface area contributed by atoms with E-state index < -0.39 is 80.1 Å². The lowest BCUT2D eigenvalue weighted by molar-refractivity contribution is -0.145. The minimum atomic E-state index is -3.78. The first-order chi connectivity index (χ1) is 36.6. The van der Waals surface area contributed by atoms with Gasteiger partial charge in [0.15, 0.2) is 27.2 Å². The molecule has 3 aromatic heterocycles. The quantitative estimate of drug-likeness (QED) is 0.0476. The number of nitrogens with zero attached hydrogens (tertiary/aromatic N) is 5. The predicted molar refractivity (Wildman–Crippen MR) is 289 cm³/mol. The highest BCUT2D eigenvalue weighted by molar-refractivity contribution is 7.91. The summed E-state index contributed by atoms with van der Waals surface area (Å²) in [6, 6.07) is 6.94. The number of anilines is 1. The van der Waals surface area contributed by atoms with Crippen LogP contribution in [-0.4, -0.2) is 112 Å². The summed E-state index contributed by atoms with van der Waals surface area (Å²) in [5.74, 6) is -4.02. The largest absolute Gasteiger partial charge is 0.391 e. The summed E-state index contributed by atoms with van der Waals surface area (Å²) in [4.78, 5) is 86.9. The number of pyridine rings is 2. The lowest BCUT2D eigenvalue weighted by Crippen LogP contribution is -2.58.